The molecule has 0 heterocycles. The molecule has 0 radical (unpaired) electrons. The van der Waals surface area contributed by atoms with E-state index < -0.39 is 0 Å². The number of hydrogen-bond acceptors (Lipinski definition) is 4. The first kappa shape index (κ1) is 13.3. The molecule has 1 aromatic carbocycles. The zero-order valence-corrected chi connectivity index (χ0v) is 10.2. The van der Waals surface area contributed by atoms with E-state index in [0.29, 0.717) is 18.0 Å². The van der Waals surface area contributed by atoms with E-state index in [4.69, 9.17) is 15.2 Å². The molecule has 0 fully saturated rings. The van der Waals surface area contributed by atoms with Gasteiger partial charge in [-0.2, -0.15) is 0 Å². The number of methoxy groups -OCH3 is 1. The largest absolute Gasteiger partial charge is 0.493 e. The van der Waals surface area contributed by atoms with Crippen LogP contribution in [-0.4, -0.2) is 33.2 Å². The van der Waals surface area contributed by atoms with Crippen LogP contribution in [0.5, 0.6) is 11.5 Å². The number of nitrogens with one attached hydrogen (secondary N) is 1. The lowest BCUT2D eigenvalue weighted by molar-refractivity contribution is -0.122. The SMILES string of the molecule is CNC(=O)COc1ccc(CCN)cc1OC. The van der Waals surface area contributed by atoms with Gasteiger partial charge in [0, 0.05) is 7.05 Å². The molecule has 3 N–H and O–H groups in total. The zero-order chi connectivity index (χ0) is 12.7. The summed E-state index contributed by atoms with van der Waals surface area (Å²) in [6, 6.07) is 5.56. The Kier molecular flexibility index (Phi) is 5.29. The maximum Gasteiger partial charge on any atom is 0.257 e. The van der Waals surface area contributed by atoms with E-state index in [1.807, 2.05) is 12.1 Å². The van der Waals surface area contributed by atoms with Gasteiger partial charge in [0.05, 0.1) is 7.11 Å². The quantitative estimate of drug-likeness (QED) is 0.748. The molecule has 5 heteroatoms. The van der Waals surface area contributed by atoms with Crippen LogP contribution < -0.4 is 20.5 Å². The minimum atomic E-state index is -0.182. The van der Waals surface area contributed by atoms with E-state index in [9.17, 15) is 4.79 Å². The number of hydrogen-bond donors (Lipinski definition) is 2. The van der Waals surface area contributed by atoms with Gasteiger partial charge in [0.1, 0.15) is 0 Å². The number of carbonyl (C=O) groups is 1. The molecule has 0 saturated carbocycles. The van der Waals surface area contributed by atoms with Crippen LogP contribution in [-0.2, 0) is 11.2 Å². The van der Waals surface area contributed by atoms with Gasteiger partial charge in [-0.25, -0.2) is 0 Å². The summed E-state index contributed by atoms with van der Waals surface area (Å²) in [5, 5.41) is 2.48. The second-order valence-electron chi connectivity index (χ2n) is 3.49. The lowest BCUT2D eigenvalue weighted by atomic mass is 10.1. The first-order valence-corrected chi connectivity index (χ1v) is 5.41. The average molecular weight is 238 g/mol. The molecule has 0 aliphatic heterocycles. The molecule has 94 valence electrons. The summed E-state index contributed by atoms with van der Waals surface area (Å²) in [6.45, 7) is 0.560. The van der Waals surface area contributed by atoms with Crippen LogP contribution in [0, 0.1) is 0 Å². The van der Waals surface area contributed by atoms with Crippen molar-refractivity contribution in [2.75, 3.05) is 27.3 Å². The standard InChI is InChI=1S/C12H18N2O3/c1-14-12(15)8-17-10-4-3-9(5-6-13)7-11(10)16-2/h3-4,7H,5-6,8,13H2,1-2H3,(H,14,15). The highest BCUT2D eigenvalue weighted by Crippen LogP contribution is 2.28. The Morgan fingerprint density at radius 1 is 1.41 bits per heavy atom. The number of ether oxygens (including phenoxy) is 2. The molecule has 0 unspecified atom stereocenters. The maximum absolute atomic E-state index is 11.1. The predicted molar refractivity (Wildman–Crippen MR) is 65.3 cm³/mol. The van der Waals surface area contributed by atoms with E-state index in [1.54, 1.807) is 20.2 Å². The zero-order valence-electron chi connectivity index (χ0n) is 10.2. The summed E-state index contributed by atoms with van der Waals surface area (Å²) in [6.07, 6.45) is 0.784. The van der Waals surface area contributed by atoms with E-state index in [0.717, 1.165) is 12.0 Å². The van der Waals surface area contributed by atoms with Gasteiger partial charge in [0.2, 0.25) is 0 Å². The first-order valence-electron chi connectivity index (χ1n) is 5.41. The molecule has 5 nitrogen and oxygen atoms in total. The van der Waals surface area contributed by atoms with Crippen LogP contribution in [0.25, 0.3) is 0 Å². The first-order chi connectivity index (χ1) is 8.21. The Bertz CT molecular complexity index is 380. The fraction of sp³-hybridized carbons (Fsp3) is 0.417. The van der Waals surface area contributed by atoms with E-state index in [-0.39, 0.29) is 12.5 Å². The van der Waals surface area contributed by atoms with Crippen LogP contribution in [0.1, 0.15) is 5.56 Å². The van der Waals surface area contributed by atoms with Crippen LogP contribution in [0.15, 0.2) is 18.2 Å². The van der Waals surface area contributed by atoms with E-state index in [1.165, 1.54) is 0 Å². The average Bonchev–Trinajstić information content (AvgIpc) is 2.36. The Balaban J connectivity index is 2.74. The Labute approximate surface area is 101 Å². The lowest BCUT2D eigenvalue weighted by Gasteiger charge is -2.11. The van der Waals surface area contributed by atoms with Crippen LogP contribution in [0.4, 0.5) is 0 Å². The van der Waals surface area contributed by atoms with Crippen molar-refractivity contribution in [2.45, 2.75) is 6.42 Å². The third-order valence-corrected chi connectivity index (χ3v) is 2.30. The molecule has 0 aromatic heterocycles. The van der Waals surface area contributed by atoms with Crippen molar-refractivity contribution in [1.29, 1.82) is 0 Å². The third kappa shape index (κ3) is 3.96. The summed E-state index contributed by atoms with van der Waals surface area (Å²) in [7, 11) is 3.13. The normalized spacial score (nSPS) is 9.82. The summed E-state index contributed by atoms with van der Waals surface area (Å²) < 4.78 is 10.5. The molecular weight excluding hydrogens is 220 g/mol. The monoisotopic (exact) mass is 238 g/mol. The van der Waals surface area contributed by atoms with Crippen LogP contribution in [0.2, 0.25) is 0 Å². The van der Waals surface area contributed by atoms with Crippen LogP contribution in [0.3, 0.4) is 0 Å². The fourth-order valence-corrected chi connectivity index (χ4v) is 1.37. The fourth-order valence-electron chi connectivity index (χ4n) is 1.37. The summed E-state index contributed by atoms with van der Waals surface area (Å²) in [5.41, 5.74) is 6.56. The second kappa shape index (κ2) is 6.75. The van der Waals surface area contributed by atoms with Gasteiger partial charge in [-0.05, 0) is 30.7 Å². The second-order valence-corrected chi connectivity index (χ2v) is 3.49. The number of carbonyl (C=O) groups excluding carboxylic acids is 1. The minimum absolute atomic E-state index is 0.0247. The van der Waals surface area contributed by atoms with Crippen molar-refractivity contribution in [2.24, 2.45) is 5.73 Å². The van der Waals surface area contributed by atoms with Gasteiger partial charge in [0.25, 0.3) is 5.91 Å². The summed E-state index contributed by atoms with van der Waals surface area (Å²) in [4.78, 5) is 11.1. The van der Waals surface area contributed by atoms with Crippen molar-refractivity contribution in [3.8, 4) is 11.5 Å². The molecule has 17 heavy (non-hydrogen) atoms. The molecular formula is C12H18N2O3. The molecule has 0 spiro atoms. The Hall–Kier alpha value is -1.75. The van der Waals surface area contributed by atoms with Crippen molar-refractivity contribution in [1.82, 2.24) is 5.32 Å². The molecule has 0 aliphatic carbocycles. The molecule has 0 bridgehead atoms. The van der Waals surface area contributed by atoms with Gasteiger partial charge in [-0.1, -0.05) is 6.07 Å². The molecule has 0 saturated heterocycles. The van der Waals surface area contributed by atoms with Gasteiger partial charge in [-0.3, -0.25) is 4.79 Å². The number of nitrogens with two attached hydrogens (primary N) is 1. The molecule has 1 aromatic rings. The van der Waals surface area contributed by atoms with E-state index in [2.05, 4.69) is 5.32 Å². The highest BCUT2D eigenvalue weighted by Gasteiger charge is 2.07. The van der Waals surface area contributed by atoms with Crippen molar-refractivity contribution >= 4 is 5.91 Å². The Morgan fingerprint density at radius 2 is 2.18 bits per heavy atom. The minimum Gasteiger partial charge on any atom is -0.493 e. The van der Waals surface area contributed by atoms with Crippen molar-refractivity contribution < 1.29 is 14.3 Å². The number of likely N-dealkylation sites (N-methyl/N-ethyl adjacent to an activating group) is 1. The van der Waals surface area contributed by atoms with E-state index >= 15 is 0 Å². The lowest BCUT2D eigenvalue weighted by Crippen LogP contribution is -2.24. The Morgan fingerprint density at radius 3 is 2.76 bits per heavy atom. The van der Waals surface area contributed by atoms with Gasteiger partial charge in [0.15, 0.2) is 18.1 Å². The highest BCUT2D eigenvalue weighted by molar-refractivity contribution is 5.77. The summed E-state index contributed by atoms with van der Waals surface area (Å²) in [5.74, 6) is 0.981. The topological polar surface area (TPSA) is 73.6 Å². The summed E-state index contributed by atoms with van der Waals surface area (Å²) >= 11 is 0. The highest BCUT2D eigenvalue weighted by atomic mass is 16.5. The number of benzene rings is 1. The number of rotatable bonds is 6. The van der Waals surface area contributed by atoms with Gasteiger partial charge >= 0.3 is 0 Å². The maximum atomic E-state index is 11.1. The molecule has 1 amide bonds. The van der Waals surface area contributed by atoms with Gasteiger partial charge < -0.3 is 20.5 Å². The number of amides is 1. The van der Waals surface area contributed by atoms with Crippen molar-refractivity contribution in [3.63, 3.8) is 0 Å². The molecule has 1 rings (SSSR count). The molecule has 0 aliphatic rings. The molecule has 0 atom stereocenters. The van der Waals surface area contributed by atoms with Crippen molar-refractivity contribution in [3.05, 3.63) is 23.8 Å². The predicted octanol–water partition coefficient (Wildman–Crippen LogP) is 0.321. The van der Waals surface area contributed by atoms with Crippen LogP contribution >= 0.6 is 0 Å². The van der Waals surface area contributed by atoms with Gasteiger partial charge in [-0.15, -0.1) is 0 Å². The third-order valence-electron chi connectivity index (χ3n) is 2.30. The smallest absolute Gasteiger partial charge is 0.257 e.